The predicted molar refractivity (Wildman–Crippen MR) is 86.2 cm³/mol. The fraction of sp³-hybridized carbons (Fsp3) is 1.00. The highest BCUT2D eigenvalue weighted by atomic mass is 16.3. The van der Waals surface area contributed by atoms with E-state index in [2.05, 4.69) is 42.9 Å². The molecule has 0 radical (unpaired) electrons. The molecule has 0 aromatic carbocycles. The maximum absolute atomic E-state index is 9.49. The van der Waals surface area contributed by atoms with E-state index in [-0.39, 0.29) is 12.1 Å². The van der Waals surface area contributed by atoms with Gasteiger partial charge in [-0.25, -0.2) is 0 Å². The van der Waals surface area contributed by atoms with Gasteiger partial charge in [0.15, 0.2) is 0 Å². The second-order valence-electron chi connectivity index (χ2n) is 6.71. The van der Waals surface area contributed by atoms with Crippen molar-refractivity contribution in [2.75, 3.05) is 46.4 Å². The Balaban J connectivity index is 2.26. The summed E-state index contributed by atoms with van der Waals surface area (Å²) in [7, 11) is 2.23. The summed E-state index contributed by atoms with van der Waals surface area (Å²) in [5.74, 6) is 0. The Hall–Kier alpha value is -0.160. The van der Waals surface area contributed by atoms with Gasteiger partial charge in [0.2, 0.25) is 0 Å². The molecule has 2 N–H and O–H groups in total. The van der Waals surface area contributed by atoms with Gasteiger partial charge in [-0.1, -0.05) is 13.3 Å². The Morgan fingerprint density at radius 2 is 2.05 bits per heavy atom. The molecule has 4 nitrogen and oxygen atoms in total. The number of likely N-dealkylation sites (N-methyl/N-ethyl adjacent to an activating group) is 2. The summed E-state index contributed by atoms with van der Waals surface area (Å²) < 4.78 is 0. The van der Waals surface area contributed by atoms with Crippen LogP contribution in [0.15, 0.2) is 0 Å². The molecule has 2 unspecified atom stereocenters. The van der Waals surface area contributed by atoms with E-state index in [4.69, 9.17) is 0 Å². The Kier molecular flexibility index (Phi) is 8.03. The molecule has 1 aliphatic rings. The van der Waals surface area contributed by atoms with Crippen LogP contribution in [0.25, 0.3) is 0 Å². The molecule has 0 bridgehead atoms. The summed E-state index contributed by atoms with van der Waals surface area (Å²) in [5, 5.41) is 12.9. The third-order valence-electron chi connectivity index (χ3n) is 4.56. The number of unbranched alkanes of at least 4 members (excludes halogenated alkanes) is 1. The molecule has 1 aliphatic heterocycles. The van der Waals surface area contributed by atoms with E-state index in [0.717, 1.165) is 13.0 Å². The molecule has 20 heavy (non-hydrogen) atoms. The number of nitrogens with one attached hydrogen (secondary N) is 1. The highest BCUT2D eigenvalue weighted by molar-refractivity contribution is 4.82. The van der Waals surface area contributed by atoms with Gasteiger partial charge in [0.25, 0.3) is 0 Å². The third-order valence-corrected chi connectivity index (χ3v) is 4.56. The standard InChI is InChI=1S/C16H35N3O/c1-5-17-16(3,14-20)9-6-7-11-19-12-8-10-18(4)13-15(19)2/h15,17,20H,5-14H2,1-4H3. The van der Waals surface area contributed by atoms with Crippen molar-refractivity contribution >= 4 is 0 Å². The zero-order valence-electron chi connectivity index (χ0n) is 14.0. The van der Waals surface area contributed by atoms with Gasteiger partial charge in [0.1, 0.15) is 0 Å². The van der Waals surface area contributed by atoms with E-state index in [1.54, 1.807) is 0 Å². The number of rotatable bonds is 8. The van der Waals surface area contributed by atoms with Gasteiger partial charge in [-0.3, -0.25) is 4.90 Å². The summed E-state index contributed by atoms with van der Waals surface area (Å²) in [6.45, 7) is 12.6. The van der Waals surface area contributed by atoms with Crippen LogP contribution in [0.1, 0.15) is 46.5 Å². The molecule has 1 heterocycles. The Morgan fingerprint density at radius 3 is 2.70 bits per heavy atom. The normalized spacial score (nSPS) is 25.4. The van der Waals surface area contributed by atoms with Crippen molar-refractivity contribution in [2.45, 2.75) is 58.0 Å². The lowest BCUT2D eigenvalue weighted by molar-refractivity contribution is 0.158. The van der Waals surface area contributed by atoms with E-state index in [1.807, 2.05) is 0 Å². The lowest BCUT2D eigenvalue weighted by Crippen LogP contribution is -2.45. The largest absolute Gasteiger partial charge is 0.394 e. The second-order valence-corrected chi connectivity index (χ2v) is 6.71. The van der Waals surface area contributed by atoms with Crippen molar-refractivity contribution in [3.63, 3.8) is 0 Å². The van der Waals surface area contributed by atoms with Gasteiger partial charge >= 0.3 is 0 Å². The molecule has 0 aliphatic carbocycles. The average molecular weight is 285 g/mol. The molecule has 1 fully saturated rings. The van der Waals surface area contributed by atoms with E-state index in [9.17, 15) is 5.11 Å². The second kappa shape index (κ2) is 8.98. The van der Waals surface area contributed by atoms with E-state index in [1.165, 1.54) is 45.4 Å². The molecule has 0 spiro atoms. The van der Waals surface area contributed by atoms with E-state index >= 15 is 0 Å². The van der Waals surface area contributed by atoms with E-state index < -0.39 is 0 Å². The van der Waals surface area contributed by atoms with Crippen LogP contribution in [-0.2, 0) is 0 Å². The van der Waals surface area contributed by atoms with Gasteiger partial charge in [-0.05, 0) is 66.3 Å². The molecule has 120 valence electrons. The molecule has 1 saturated heterocycles. The molecule has 4 heteroatoms. The van der Waals surface area contributed by atoms with Crippen LogP contribution in [0.5, 0.6) is 0 Å². The lowest BCUT2D eigenvalue weighted by atomic mass is 9.95. The topological polar surface area (TPSA) is 38.7 Å². The molecule has 0 aromatic rings. The number of aliphatic hydroxyl groups is 1. The van der Waals surface area contributed by atoms with Crippen LogP contribution in [0, 0.1) is 0 Å². The first-order valence-corrected chi connectivity index (χ1v) is 8.29. The molecule has 2 atom stereocenters. The highest BCUT2D eigenvalue weighted by Gasteiger charge is 2.22. The maximum Gasteiger partial charge on any atom is 0.0610 e. The summed E-state index contributed by atoms with van der Waals surface area (Å²) in [4.78, 5) is 5.08. The Labute approximate surface area is 125 Å². The third kappa shape index (κ3) is 6.08. The van der Waals surface area contributed by atoms with Gasteiger partial charge in [-0.2, -0.15) is 0 Å². The lowest BCUT2D eigenvalue weighted by Gasteiger charge is -2.30. The van der Waals surface area contributed by atoms with E-state index in [0.29, 0.717) is 6.04 Å². The Morgan fingerprint density at radius 1 is 1.30 bits per heavy atom. The minimum absolute atomic E-state index is 0.0978. The summed E-state index contributed by atoms with van der Waals surface area (Å²) in [6, 6.07) is 0.667. The van der Waals surface area contributed by atoms with Crippen LogP contribution < -0.4 is 5.32 Å². The minimum Gasteiger partial charge on any atom is -0.394 e. The van der Waals surface area contributed by atoms with Gasteiger partial charge in [-0.15, -0.1) is 0 Å². The quantitative estimate of drug-likeness (QED) is 0.664. The predicted octanol–water partition coefficient (Wildman–Crippen LogP) is 1.54. The number of hydrogen-bond donors (Lipinski definition) is 2. The SMILES string of the molecule is CCNC(C)(CO)CCCCN1CCCN(C)CC1C. The summed E-state index contributed by atoms with van der Waals surface area (Å²) in [5.41, 5.74) is -0.0978. The van der Waals surface area contributed by atoms with Crippen molar-refractivity contribution in [2.24, 2.45) is 0 Å². The first-order valence-electron chi connectivity index (χ1n) is 8.29. The molecule has 0 saturated carbocycles. The zero-order valence-corrected chi connectivity index (χ0v) is 14.0. The van der Waals surface area contributed by atoms with Crippen molar-refractivity contribution in [1.82, 2.24) is 15.1 Å². The zero-order chi connectivity index (χ0) is 15.0. The smallest absolute Gasteiger partial charge is 0.0610 e. The van der Waals surface area contributed by atoms with Gasteiger partial charge in [0, 0.05) is 18.1 Å². The molecule has 1 rings (SSSR count). The van der Waals surface area contributed by atoms with Gasteiger partial charge in [0.05, 0.1) is 6.61 Å². The molecular weight excluding hydrogens is 250 g/mol. The minimum atomic E-state index is -0.0978. The van der Waals surface area contributed by atoms with Gasteiger partial charge < -0.3 is 15.3 Å². The monoisotopic (exact) mass is 285 g/mol. The van der Waals surface area contributed by atoms with Crippen molar-refractivity contribution in [3.05, 3.63) is 0 Å². The first kappa shape index (κ1) is 17.9. The van der Waals surface area contributed by atoms with Crippen molar-refractivity contribution < 1.29 is 5.11 Å². The fourth-order valence-electron chi connectivity index (χ4n) is 3.23. The molecule has 0 aromatic heterocycles. The molecule has 0 amide bonds. The summed E-state index contributed by atoms with van der Waals surface area (Å²) >= 11 is 0. The number of aliphatic hydroxyl groups excluding tert-OH is 1. The van der Waals surface area contributed by atoms with Crippen LogP contribution in [0.3, 0.4) is 0 Å². The van der Waals surface area contributed by atoms with Crippen molar-refractivity contribution in [3.8, 4) is 0 Å². The first-order chi connectivity index (χ1) is 9.50. The van der Waals surface area contributed by atoms with Crippen LogP contribution >= 0.6 is 0 Å². The van der Waals surface area contributed by atoms with Crippen molar-refractivity contribution in [1.29, 1.82) is 0 Å². The Bertz CT molecular complexity index is 262. The highest BCUT2D eigenvalue weighted by Crippen LogP contribution is 2.15. The summed E-state index contributed by atoms with van der Waals surface area (Å²) in [6.07, 6.45) is 4.75. The molecular formula is C16H35N3O. The number of nitrogens with zero attached hydrogens (tertiary/aromatic N) is 2. The van der Waals surface area contributed by atoms with Crippen LogP contribution in [-0.4, -0.2) is 72.9 Å². The fourth-order valence-corrected chi connectivity index (χ4v) is 3.23. The van der Waals surface area contributed by atoms with Crippen LogP contribution in [0.2, 0.25) is 0 Å². The number of hydrogen-bond acceptors (Lipinski definition) is 4. The van der Waals surface area contributed by atoms with Crippen LogP contribution in [0.4, 0.5) is 0 Å². The average Bonchev–Trinajstić information content (AvgIpc) is 2.56. The maximum atomic E-state index is 9.49.